The van der Waals surface area contributed by atoms with Crippen molar-refractivity contribution in [1.82, 2.24) is 15.1 Å². The van der Waals surface area contributed by atoms with Gasteiger partial charge in [0, 0.05) is 30.6 Å². The number of nitrogens with one attached hydrogen (secondary N) is 1. The molecule has 2 heterocycles. The number of rotatable bonds is 4. The second-order valence-corrected chi connectivity index (χ2v) is 7.01. The zero-order chi connectivity index (χ0) is 18.6. The number of hydrazone groups is 1. The monoisotopic (exact) mass is 379 g/mol. The topological polar surface area (TPSA) is 83.4 Å². The van der Waals surface area contributed by atoms with Crippen molar-refractivity contribution < 1.29 is 4.42 Å². The van der Waals surface area contributed by atoms with Crippen molar-refractivity contribution >= 4 is 17.9 Å². The fraction of sp³-hybridized carbons (Fsp3) is 0.250. The third-order valence-corrected chi connectivity index (χ3v) is 5.18. The third-order valence-electron chi connectivity index (χ3n) is 5.01. The number of aromatic amines is 1. The first kappa shape index (κ1) is 17.6. The summed E-state index contributed by atoms with van der Waals surface area (Å²) in [4.78, 5) is 2.69. The van der Waals surface area contributed by atoms with Crippen molar-refractivity contribution in [1.29, 1.82) is 0 Å². The predicted molar refractivity (Wildman–Crippen MR) is 106 cm³/mol. The van der Waals surface area contributed by atoms with Gasteiger partial charge in [-0.1, -0.05) is 60.7 Å². The molecular weight excluding hydrogens is 358 g/mol. The van der Waals surface area contributed by atoms with Crippen molar-refractivity contribution in [2.24, 2.45) is 10.9 Å². The zero-order valence-corrected chi connectivity index (χ0v) is 15.6. The summed E-state index contributed by atoms with van der Waals surface area (Å²) in [6.07, 6.45) is 1.55. The average molecular weight is 379 g/mol. The fourth-order valence-electron chi connectivity index (χ4n) is 3.76. The summed E-state index contributed by atoms with van der Waals surface area (Å²) >= 11 is 5.05. The molecule has 1 aliphatic rings. The van der Waals surface area contributed by atoms with Crippen LogP contribution in [0.3, 0.4) is 0 Å². The number of piperidine rings is 1. The van der Waals surface area contributed by atoms with Gasteiger partial charge in [-0.05, 0) is 23.3 Å². The molecule has 7 heteroatoms. The molecule has 0 spiro atoms. The van der Waals surface area contributed by atoms with Crippen LogP contribution < -0.4 is 5.84 Å². The first-order valence-electron chi connectivity index (χ1n) is 8.90. The smallest absolute Gasteiger partial charge is 0.284 e. The van der Waals surface area contributed by atoms with E-state index in [4.69, 9.17) is 22.5 Å². The number of likely N-dealkylation sites (tertiary alicyclic amines) is 1. The van der Waals surface area contributed by atoms with E-state index in [1.807, 2.05) is 12.1 Å². The van der Waals surface area contributed by atoms with Gasteiger partial charge in [-0.2, -0.15) is 5.10 Å². The van der Waals surface area contributed by atoms with Gasteiger partial charge in [0.05, 0.1) is 6.54 Å². The van der Waals surface area contributed by atoms with E-state index in [-0.39, 0.29) is 12.1 Å². The lowest BCUT2D eigenvalue weighted by Crippen LogP contribution is -2.39. The zero-order valence-electron chi connectivity index (χ0n) is 14.8. The van der Waals surface area contributed by atoms with E-state index in [1.54, 1.807) is 0 Å². The summed E-state index contributed by atoms with van der Waals surface area (Å²) in [5.74, 6) is 6.28. The highest BCUT2D eigenvalue weighted by molar-refractivity contribution is 7.71. The number of nitrogens with zero attached hydrogens (tertiary/aromatic N) is 3. The van der Waals surface area contributed by atoms with Crippen molar-refractivity contribution in [2.75, 3.05) is 0 Å². The van der Waals surface area contributed by atoms with Crippen molar-refractivity contribution in [3.05, 3.63) is 82.5 Å². The van der Waals surface area contributed by atoms with Crippen molar-refractivity contribution in [3.8, 4) is 0 Å². The number of H-pyrrole nitrogens is 1. The standard InChI is InChI=1S/C20H21N5OS/c21-22-16-11-17(14-7-3-1-4-8-14)25(13-19-23-24-20(27)26-19)18(12-16)15-9-5-2-6-10-15/h1-10,17-18H,11-13,21H2,(H,24,27). The molecule has 1 saturated heterocycles. The molecule has 6 nitrogen and oxygen atoms in total. The van der Waals surface area contributed by atoms with Gasteiger partial charge in [0.25, 0.3) is 4.84 Å². The molecule has 0 aliphatic carbocycles. The lowest BCUT2D eigenvalue weighted by atomic mass is 9.86. The van der Waals surface area contributed by atoms with Crippen LogP contribution >= 0.6 is 12.2 Å². The van der Waals surface area contributed by atoms with Crippen LogP contribution in [0, 0.1) is 4.84 Å². The van der Waals surface area contributed by atoms with Crippen molar-refractivity contribution in [3.63, 3.8) is 0 Å². The van der Waals surface area contributed by atoms with Crippen LogP contribution in [-0.2, 0) is 6.54 Å². The van der Waals surface area contributed by atoms with Gasteiger partial charge in [-0.25, -0.2) is 5.10 Å². The van der Waals surface area contributed by atoms with Gasteiger partial charge in [0.2, 0.25) is 5.89 Å². The molecule has 1 fully saturated rings. The molecule has 0 bridgehead atoms. The molecule has 3 N–H and O–H groups in total. The SMILES string of the molecule is NN=C1CC(c2ccccc2)N(Cc2n[nH]c(=S)o2)C(c2ccccc2)C1. The Morgan fingerprint density at radius 2 is 1.59 bits per heavy atom. The lowest BCUT2D eigenvalue weighted by Gasteiger charge is -2.42. The van der Waals surface area contributed by atoms with E-state index in [0.29, 0.717) is 17.3 Å². The van der Waals surface area contributed by atoms with Crippen LogP contribution in [0.25, 0.3) is 0 Å². The maximum atomic E-state index is 5.71. The van der Waals surface area contributed by atoms with Crippen LogP contribution in [0.5, 0.6) is 0 Å². The molecule has 1 aliphatic heterocycles. The first-order valence-corrected chi connectivity index (χ1v) is 9.31. The normalized spacial score (nSPS) is 20.5. The number of benzene rings is 2. The Hall–Kier alpha value is -2.77. The molecule has 138 valence electrons. The molecule has 3 aromatic rings. The first-order chi connectivity index (χ1) is 13.2. The summed E-state index contributed by atoms with van der Waals surface area (Å²) in [5.41, 5.74) is 3.44. The highest BCUT2D eigenvalue weighted by Crippen LogP contribution is 2.41. The molecule has 2 atom stereocenters. The van der Waals surface area contributed by atoms with E-state index in [2.05, 4.69) is 68.7 Å². The Labute approximate surface area is 162 Å². The van der Waals surface area contributed by atoms with Crippen LogP contribution in [0.2, 0.25) is 0 Å². The van der Waals surface area contributed by atoms with Gasteiger partial charge in [-0.15, -0.1) is 5.10 Å². The minimum Gasteiger partial charge on any atom is -0.413 e. The van der Waals surface area contributed by atoms with E-state index >= 15 is 0 Å². The lowest BCUT2D eigenvalue weighted by molar-refractivity contribution is 0.102. The Kier molecular flexibility index (Phi) is 5.13. The Morgan fingerprint density at radius 3 is 2.04 bits per heavy atom. The predicted octanol–water partition coefficient (Wildman–Crippen LogP) is 4.13. The second-order valence-electron chi connectivity index (χ2n) is 6.64. The Bertz CT molecular complexity index is 915. The maximum absolute atomic E-state index is 5.71. The third kappa shape index (κ3) is 3.84. The van der Waals surface area contributed by atoms with E-state index in [0.717, 1.165) is 18.6 Å². The quantitative estimate of drug-likeness (QED) is 0.405. The summed E-state index contributed by atoms with van der Waals surface area (Å²) in [7, 11) is 0. The van der Waals surface area contributed by atoms with Gasteiger partial charge in [0.1, 0.15) is 0 Å². The highest BCUT2D eigenvalue weighted by atomic mass is 32.1. The maximum Gasteiger partial charge on any atom is 0.284 e. The van der Waals surface area contributed by atoms with Gasteiger partial charge >= 0.3 is 0 Å². The van der Waals surface area contributed by atoms with Crippen molar-refractivity contribution in [2.45, 2.75) is 31.5 Å². The van der Waals surface area contributed by atoms with Gasteiger partial charge in [0.15, 0.2) is 0 Å². The molecular formula is C20H21N5OS. The fourth-order valence-corrected chi connectivity index (χ4v) is 3.90. The average Bonchev–Trinajstić information content (AvgIpc) is 3.14. The van der Waals surface area contributed by atoms with Crippen LogP contribution in [0.4, 0.5) is 0 Å². The molecule has 2 unspecified atom stereocenters. The molecule has 0 radical (unpaired) electrons. The van der Waals surface area contributed by atoms with E-state index in [9.17, 15) is 0 Å². The van der Waals surface area contributed by atoms with Crippen LogP contribution in [0.15, 0.2) is 70.2 Å². The summed E-state index contributed by atoms with van der Waals surface area (Å²) in [5, 5.41) is 11.0. The Balaban J connectivity index is 1.77. The number of hydrogen-bond acceptors (Lipinski definition) is 6. The minimum atomic E-state index is 0.118. The minimum absolute atomic E-state index is 0.118. The molecule has 4 rings (SSSR count). The number of aromatic nitrogens is 2. The second kappa shape index (κ2) is 7.85. The molecule has 0 saturated carbocycles. The summed E-state index contributed by atoms with van der Waals surface area (Å²) in [6, 6.07) is 21.1. The molecule has 1 aromatic heterocycles. The van der Waals surface area contributed by atoms with Crippen LogP contribution in [0.1, 0.15) is 41.9 Å². The largest absolute Gasteiger partial charge is 0.413 e. The number of nitrogens with two attached hydrogens (primary N) is 1. The highest BCUT2D eigenvalue weighted by Gasteiger charge is 2.36. The van der Waals surface area contributed by atoms with Gasteiger partial charge in [-0.3, -0.25) is 4.90 Å². The molecule has 2 aromatic carbocycles. The van der Waals surface area contributed by atoms with Gasteiger partial charge < -0.3 is 10.3 Å². The number of hydrogen-bond donors (Lipinski definition) is 2. The molecule has 27 heavy (non-hydrogen) atoms. The van der Waals surface area contributed by atoms with Crippen LogP contribution in [-0.4, -0.2) is 20.8 Å². The Morgan fingerprint density at radius 1 is 1.04 bits per heavy atom. The van der Waals surface area contributed by atoms with E-state index < -0.39 is 0 Å². The summed E-state index contributed by atoms with van der Waals surface area (Å²) < 4.78 is 5.56. The molecule has 0 amide bonds. The summed E-state index contributed by atoms with van der Waals surface area (Å²) in [6.45, 7) is 0.546. The van der Waals surface area contributed by atoms with E-state index in [1.165, 1.54) is 11.1 Å².